The number of nitrogen functional groups attached to an aromatic ring is 1. The monoisotopic (exact) mass is 209 g/mol. The van der Waals surface area contributed by atoms with E-state index < -0.39 is 5.56 Å². The summed E-state index contributed by atoms with van der Waals surface area (Å²) in [5.41, 5.74) is 4.67. The molecule has 1 fully saturated rings. The number of aromatic amines is 1. The van der Waals surface area contributed by atoms with Crippen LogP contribution in [-0.2, 0) is 6.54 Å². The van der Waals surface area contributed by atoms with Crippen molar-refractivity contribution in [2.45, 2.75) is 32.2 Å². The number of aromatic nitrogens is 2. The summed E-state index contributed by atoms with van der Waals surface area (Å²) >= 11 is 0. The van der Waals surface area contributed by atoms with Gasteiger partial charge < -0.3 is 5.73 Å². The largest absolute Gasteiger partial charge is 0.393 e. The third-order valence-electron chi connectivity index (χ3n) is 3.04. The van der Waals surface area contributed by atoms with Crippen LogP contribution < -0.4 is 17.0 Å². The summed E-state index contributed by atoms with van der Waals surface area (Å²) in [6.45, 7) is 0.643. The van der Waals surface area contributed by atoms with Crippen LogP contribution in [0.2, 0.25) is 0 Å². The Labute approximate surface area is 86.9 Å². The SMILES string of the molecule is Nc1cn(CCC2CCC2)c(=O)[nH]c1=O. The van der Waals surface area contributed by atoms with Crippen LogP contribution >= 0.6 is 0 Å². The van der Waals surface area contributed by atoms with E-state index in [2.05, 4.69) is 4.98 Å². The number of hydrogen-bond donors (Lipinski definition) is 2. The molecule has 0 bridgehead atoms. The Morgan fingerprint density at radius 2 is 2.20 bits per heavy atom. The molecule has 0 atom stereocenters. The fourth-order valence-electron chi connectivity index (χ4n) is 1.80. The zero-order valence-electron chi connectivity index (χ0n) is 8.53. The fraction of sp³-hybridized carbons (Fsp3) is 0.600. The molecule has 15 heavy (non-hydrogen) atoms. The van der Waals surface area contributed by atoms with Gasteiger partial charge in [-0.1, -0.05) is 19.3 Å². The first-order chi connectivity index (χ1) is 7.16. The van der Waals surface area contributed by atoms with Gasteiger partial charge in [0, 0.05) is 12.7 Å². The zero-order valence-corrected chi connectivity index (χ0v) is 8.53. The molecule has 0 aliphatic heterocycles. The Hall–Kier alpha value is -1.52. The van der Waals surface area contributed by atoms with Crippen molar-refractivity contribution >= 4 is 5.69 Å². The molecule has 82 valence electrons. The molecule has 0 spiro atoms. The standard InChI is InChI=1S/C10H15N3O2/c11-8-6-13(10(15)12-9(8)14)5-4-7-2-1-3-7/h6-7H,1-5,11H2,(H,12,14,15). The van der Waals surface area contributed by atoms with Gasteiger partial charge in [-0.25, -0.2) is 4.79 Å². The number of anilines is 1. The predicted octanol–water partition coefficient (Wildman–Crippen LogP) is 0.309. The van der Waals surface area contributed by atoms with E-state index in [-0.39, 0.29) is 11.4 Å². The van der Waals surface area contributed by atoms with Gasteiger partial charge in [0.1, 0.15) is 5.69 Å². The Bertz CT molecular complexity index is 456. The maximum absolute atomic E-state index is 11.4. The zero-order chi connectivity index (χ0) is 10.8. The highest BCUT2D eigenvalue weighted by Gasteiger charge is 2.17. The summed E-state index contributed by atoms with van der Waals surface area (Å²) in [4.78, 5) is 24.6. The van der Waals surface area contributed by atoms with E-state index in [1.807, 2.05) is 0 Å². The Morgan fingerprint density at radius 1 is 1.47 bits per heavy atom. The van der Waals surface area contributed by atoms with E-state index in [1.54, 1.807) is 0 Å². The molecule has 5 nitrogen and oxygen atoms in total. The third-order valence-corrected chi connectivity index (χ3v) is 3.04. The van der Waals surface area contributed by atoms with E-state index in [4.69, 9.17) is 5.73 Å². The second-order valence-corrected chi connectivity index (χ2v) is 4.12. The number of aryl methyl sites for hydroxylation is 1. The predicted molar refractivity (Wildman–Crippen MR) is 57.7 cm³/mol. The third kappa shape index (κ3) is 2.11. The highest BCUT2D eigenvalue weighted by Crippen LogP contribution is 2.29. The van der Waals surface area contributed by atoms with Crippen LogP contribution in [0, 0.1) is 5.92 Å². The van der Waals surface area contributed by atoms with Crippen molar-refractivity contribution in [3.63, 3.8) is 0 Å². The number of rotatable bonds is 3. The molecule has 2 rings (SSSR count). The van der Waals surface area contributed by atoms with Crippen LogP contribution in [0.4, 0.5) is 5.69 Å². The van der Waals surface area contributed by atoms with Gasteiger partial charge in [0.25, 0.3) is 5.56 Å². The quantitative estimate of drug-likeness (QED) is 0.751. The average molecular weight is 209 g/mol. The summed E-state index contributed by atoms with van der Waals surface area (Å²) in [6.07, 6.45) is 6.24. The maximum atomic E-state index is 11.4. The fourth-order valence-corrected chi connectivity index (χ4v) is 1.80. The van der Waals surface area contributed by atoms with Crippen molar-refractivity contribution in [3.05, 3.63) is 27.0 Å². The van der Waals surface area contributed by atoms with Gasteiger partial charge in [-0.3, -0.25) is 14.3 Å². The van der Waals surface area contributed by atoms with Crippen molar-refractivity contribution in [1.82, 2.24) is 9.55 Å². The molecule has 1 aliphatic carbocycles. The van der Waals surface area contributed by atoms with Crippen LogP contribution in [0.5, 0.6) is 0 Å². The molecule has 0 unspecified atom stereocenters. The van der Waals surface area contributed by atoms with Gasteiger partial charge in [-0.2, -0.15) is 0 Å². The summed E-state index contributed by atoms with van der Waals surface area (Å²) in [5, 5.41) is 0. The first-order valence-corrected chi connectivity index (χ1v) is 5.26. The lowest BCUT2D eigenvalue weighted by Crippen LogP contribution is -2.31. The van der Waals surface area contributed by atoms with Gasteiger partial charge in [-0.05, 0) is 12.3 Å². The number of nitrogens with zero attached hydrogens (tertiary/aromatic N) is 1. The number of nitrogens with one attached hydrogen (secondary N) is 1. The Morgan fingerprint density at radius 3 is 2.80 bits per heavy atom. The minimum atomic E-state index is -0.500. The number of hydrogen-bond acceptors (Lipinski definition) is 3. The molecular formula is C10H15N3O2. The van der Waals surface area contributed by atoms with Crippen molar-refractivity contribution in [2.75, 3.05) is 5.73 Å². The molecule has 5 heteroatoms. The molecule has 0 saturated heterocycles. The van der Waals surface area contributed by atoms with E-state index >= 15 is 0 Å². The van der Waals surface area contributed by atoms with Crippen LogP contribution in [0.1, 0.15) is 25.7 Å². The van der Waals surface area contributed by atoms with Gasteiger partial charge in [0.05, 0.1) is 0 Å². The summed E-state index contributed by atoms with van der Waals surface area (Å²) in [5.74, 6) is 0.741. The molecule has 1 aliphatic rings. The minimum absolute atomic E-state index is 0.100. The molecule has 0 aromatic carbocycles. The normalized spacial score (nSPS) is 16.3. The lowest BCUT2D eigenvalue weighted by molar-refractivity contribution is 0.280. The van der Waals surface area contributed by atoms with Crippen LogP contribution in [0.25, 0.3) is 0 Å². The number of nitrogens with two attached hydrogens (primary N) is 1. The van der Waals surface area contributed by atoms with E-state index in [0.717, 1.165) is 12.3 Å². The topological polar surface area (TPSA) is 80.9 Å². The summed E-state index contributed by atoms with van der Waals surface area (Å²) in [6, 6.07) is 0. The number of H-pyrrole nitrogens is 1. The lowest BCUT2D eigenvalue weighted by atomic mass is 9.83. The van der Waals surface area contributed by atoms with Crippen molar-refractivity contribution in [1.29, 1.82) is 0 Å². The summed E-state index contributed by atoms with van der Waals surface area (Å²) in [7, 11) is 0. The van der Waals surface area contributed by atoms with Crippen LogP contribution in [0.15, 0.2) is 15.8 Å². The second-order valence-electron chi connectivity index (χ2n) is 4.12. The molecular weight excluding hydrogens is 194 g/mol. The Kier molecular flexibility index (Phi) is 2.62. The smallest absolute Gasteiger partial charge is 0.328 e. The molecule has 1 aromatic heterocycles. The van der Waals surface area contributed by atoms with Crippen LogP contribution in [0.3, 0.4) is 0 Å². The molecule has 0 amide bonds. The molecule has 3 N–H and O–H groups in total. The van der Waals surface area contributed by atoms with E-state index in [1.165, 1.54) is 30.0 Å². The van der Waals surface area contributed by atoms with E-state index in [0.29, 0.717) is 6.54 Å². The summed E-state index contributed by atoms with van der Waals surface area (Å²) < 4.78 is 1.48. The molecule has 1 saturated carbocycles. The Balaban J connectivity index is 2.10. The molecule has 0 radical (unpaired) electrons. The van der Waals surface area contributed by atoms with E-state index in [9.17, 15) is 9.59 Å². The highest BCUT2D eigenvalue weighted by atomic mass is 16.2. The maximum Gasteiger partial charge on any atom is 0.328 e. The van der Waals surface area contributed by atoms with Gasteiger partial charge in [0.2, 0.25) is 0 Å². The first kappa shape index (κ1) is 10.0. The second kappa shape index (κ2) is 3.92. The van der Waals surface area contributed by atoms with Crippen LogP contribution in [-0.4, -0.2) is 9.55 Å². The average Bonchev–Trinajstić information content (AvgIpc) is 2.11. The highest BCUT2D eigenvalue weighted by molar-refractivity contribution is 5.30. The van der Waals surface area contributed by atoms with Gasteiger partial charge >= 0.3 is 5.69 Å². The van der Waals surface area contributed by atoms with Gasteiger partial charge in [-0.15, -0.1) is 0 Å². The lowest BCUT2D eigenvalue weighted by Gasteiger charge is -2.25. The minimum Gasteiger partial charge on any atom is -0.393 e. The van der Waals surface area contributed by atoms with Crippen molar-refractivity contribution in [2.24, 2.45) is 5.92 Å². The first-order valence-electron chi connectivity index (χ1n) is 5.26. The van der Waals surface area contributed by atoms with Gasteiger partial charge in [0.15, 0.2) is 0 Å². The molecule has 1 heterocycles. The van der Waals surface area contributed by atoms with Crippen molar-refractivity contribution in [3.8, 4) is 0 Å². The van der Waals surface area contributed by atoms with Crippen molar-refractivity contribution < 1.29 is 0 Å². The molecule has 1 aromatic rings.